The van der Waals surface area contributed by atoms with E-state index in [0.717, 1.165) is 0 Å². The number of hydrogen-bond acceptors (Lipinski definition) is 0. The third kappa shape index (κ3) is 14.6. The summed E-state index contributed by atoms with van der Waals surface area (Å²) >= 11 is -0.503. The Hall–Kier alpha value is 0.532. The minimum absolute atomic E-state index is 0.503. The molecule has 0 aliphatic rings. The van der Waals surface area contributed by atoms with Crippen molar-refractivity contribution in [3.05, 3.63) is 0 Å². The Morgan fingerprint density at radius 1 is 0.478 bits per heavy atom. The van der Waals surface area contributed by atoms with E-state index in [2.05, 4.69) is 27.7 Å². The van der Waals surface area contributed by atoms with Gasteiger partial charge in [-0.3, -0.25) is 0 Å². The van der Waals surface area contributed by atoms with Crippen molar-refractivity contribution in [2.24, 2.45) is 0 Å². The predicted molar refractivity (Wildman–Crippen MR) is 111 cm³/mol. The van der Waals surface area contributed by atoms with E-state index >= 15 is 0 Å². The van der Waals surface area contributed by atoms with Crippen molar-refractivity contribution >= 4 is 14.1 Å². The van der Waals surface area contributed by atoms with E-state index in [1.54, 1.807) is 36.2 Å². The highest BCUT2D eigenvalue weighted by atomic mass is 27.2. The van der Waals surface area contributed by atoms with Crippen molar-refractivity contribution in [2.45, 2.75) is 139 Å². The van der Waals surface area contributed by atoms with Crippen LogP contribution in [-0.2, 0) is 0 Å². The van der Waals surface area contributed by atoms with Crippen LogP contribution < -0.4 is 0 Å². The molecule has 1 heteroatoms. The first-order valence-electron chi connectivity index (χ1n) is 11.3. The van der Waals surface area contributed by atoms with Crippen molar-refractivity contribution < 1.29 is 0 Å². The highest BCUT2D eigenvalue weighted by Crippen LogP contribution is 2.31. The molecule has 0 rings (SSSR count). The van der Waals surface area contributed by atoms with Crippen molar-refractivity contribution in [3.8, 4) is 0 Å². The van der Waals surface area contributed by atoms with Gasteiger partial charge in [0.15, 0.2) is 0 Å². The Bertz CT molecular complexity index is 202. The molecule has 0 fully saturated rings. The van der Waals surface area contributed by atoms with Crippen LogP contribution in [0.2, 0.25) is 15.3 Å². The van der Waals surface area contributed by atoms with E-state index in [-0.39, 0.29) is 0 Å². The summed E-state index contributed by atoms with van der Waals surface area (Å²) in [6, 6.07) is 0. The molecule has 0 bridgehead atoms. The van der Waals surface area contributed by atoms with Crippen LogP contribution >= 0.6 is 0 Å². The van der Waals surface area contributed by atoms with E-state index in [4.69, 9.17) is 0 Å². The Morgan fingerprint density at radius 3 is 1.39 bits per heavy atom. The molecule has 0 aromatic rings. The first kappa shape index (κ1) is 23.5. The minimum Gasteiger partial charge on any atom is -0.0937 e. The summed E-state index contributed by atoms with van der Waals surface area (Å²) in [5, 5.41) is 3.31. The van der Waals surface area contributed by atoms with Crippen LogP contribution in [0.5, 0.6) is 0 Å². The second kappa shape index (κ2) is 18.9. The summed E-state index contributed by atoms with van der Waals surface area (Å²) in [5.74, 6) is 0. The Labute approximate surface area is 153 Å². The molecule has 0 saturated heterocycles. The molecule has 1 atom stereocenters. The summed E-state index contributed by atoms with van der Waals surface area (Å²) in [6.07, 6.45) is 22.2. The zero-order chi connectivity index (χ0) is 17.2. The highest BCUT2D eigenvalue weighted by Gasteiger charge is 2.25. The monoisotopic (exact) mass is 338 g/mol. The van der Waals surface area contributed by atoms with Crippen LogP contribution in [0, 0.1) is 0 Å². The van der Waals surface area contributed by atoms with E-state index in [9.17, 15) is 0 Å². The summed E-state index contributed by atoms with van der Waals surface area (Å²) in [6.45, 7) is 9.43. The topological polar surface area (TPSA) is 0 Å². The van der Waals surface area contributed by atoms with Gasteiger partial charge in [-0.2, -0.15) is 0 Å². The molecule has 23 heavy (non-hydrogen) atoms. The Kier molecular flexibility index (Phi) is 19.3. The van der Waals surface area contributed by atoms with Gasteiger partial charge in [-0.25, -0.2) is 0 Å². The molecule has 1 unspecified atom stereocenters. The predicted octanol–water partition coefficient (Wildman–Crippen LogP) is 8.78. The minimum atomic E-state index is -0.503. The van der Waals surface area contributed by atoms with E-state index in [1.807, 2.05) is 0 Å². The first-order chi connectivity index (χ1) is 11.3. The summed E-state index contributed by atoms with van der Waals surface area (Å²) in [4.78, 5) is 0. The summed E-state index contributed by atoms with van der Waals surface area (Å²) < 4.78 is 1.17. The maximum atomic E-state index is 2.42. The maximum absolute atomic E-state index is 2.42. The Balaban J connectivity index is 4.31. The van der Waals surface area contributed by atoms with Crippen LogP contribution in [0.25, 0.3) is 0 Å². The fourth-order valence-electron chi connectivity index (χ4n) is 4.10. The van der Waals surface area contributed by atoms with Gasteiger partial charge in [-0.1, -0.05) is 139 Å². The second-order valence-electron chi connectivity index (χ2n) is 7.86. The fourth-order valence-corrected chi connectivity index (χ4v) is 8.47. The van der Waals surface area contributed by atoms with Crippen molar-refractivity contribution in [3.63, 3.8) is 0 Å². The van der Waals surface area contributed by atoms with Crippen molar-refractivity contribution in [1.82, 2.24) is 0 Å². The summed E-state index contributed by atoms with van der Waals surface area (Å²) in [7, 11) is 0. The molecule has 0 radical (unpaired) electrons. The molecule has 0 aromatic carbocycles. The average molecular weight is 339 g/mol. The van der Waals surface area contributed by atoms with Gasteiger partial charge in [-0.15, -0.1) is 0 Å². The van der Waals surface area contributed by atoms with E-state index < -0.39 is 14.1 Å². The van der Waals surface area contributed by atoms with Crippen LogP contribution in [-0.4, -0.2) is 14.1 Å². The molecular formula is C22H47Al. The average Bonchev–Trinajstić information content (AvgIpc) is 2.56. The van der Waals surface area contributed by atoms with Gasteiger partial charge in [0.25, 0.3) is 14.1 Å². The third-order valence-corrected chi connectivity index (χ3v) is 9.91. The van der Waals surface area contributed by atoms with Crippen molar-refractivity contribution in [2.75, 3.05) is 0 Å². The maximum Gasteiger partial charge on any atom is 0.265 e. The molecular weight excluding hydrogens is 291 g/mol. The van der Waals surface area contributed by atoms with Crippen molar-refractivity contribution in [1.29, 1.82) is 0 Å². The SMILES string of the molecule is CCCCCC[CH](CCC)[Al]([CH2]CCCCC)[CH2]CCCCC. The molecule has 0 heterocycles. The zero-order valence-corrected chi connectivity index (χ0v) is 18.3. The van der Waals surface area contributed by atoms with Gasteiger partial charge >= 0.3 is 0 Å². The van der Waals surface area contributed by atoms with Gasteiger partial charge in [0.2, 0.25) is 0 Å². The molecule has 0 aliphatic heterocycles. The molecule has 138 valence electrons. The lowest BCUT2D eigenvalue weighted by atomic mass is 10.1. The molecule has 0 aliphatic carbocycles. The molecule has 0 nitrogen and oxygen atoms in total. The number of unbranched alkanes of at least 4 members (excludes halogenated alkanes) is 9. The smallest absolute Gasteiger partial charge is 0.0937 e. The van der Waals surface area contributed by atoms with Gasteiger partial charge < -0.3 is 0 Å². The highest BCUT2D eigenvalue weighted by molar-refractivity contribution is 6.60. The lowest BCUT2D eigenvalue weighted by Gasteiger charge is -2.23. The van der Waals surface area contributed by atoms with Gasteiger partial charge in [0.05, 0.1) is 0 Å². The normalized spacial score (nSPS) is 12.5. The van der Waals surface area contributed by atoms with Crippen LogP contribution in [0.3, 0.4) is 0 Å². The third-order valence-electron chi connectivity index (χ3n) is 5.61. The number of rotatable bonds is 18. The standard InChI is InChI=1S/C10H21.2C6H13.Al/c1-3-5-7-9-10-8-6-4-2;2*1-3-5-6-4-2;/h7H,3-6,8-10H2,1-2H3;2*1,3-6H2,2H3;. The molecule has 0 amide bonds. The van der Waals surface area contributed by atoms with Crippen LogP contribution in [0.15, 0.2) is 0 Å². The molecule has 0 aromatic heterocycles. The van der Waals surface area contributed by atoms with Gasteiger partial charge in [0, 0.05) is 0 Å². The van der Waals surface area contributed by atoms with Crippen LogP contribution in [0.4, 0.5) is 0 Å². The van der Waals surface area contributed by atoms with E-state index in [1.165, 1.54) is 75.4 Å². The largest absolute Gasteiger partial charge is 0.265 e. The Morgan fingerprint density at radius 2 is 0.957 bits per heavy atom. The lowest BCUT2D eigenvalue weighted by Crippen LogP contribution is -2.21. The van der Waals surface area contributed by atoms with E-state index in [0.29, 0.717) is 0 Å². The lowest BCUT2D eigenvalue weighted by molar-refractivity contribution is 0.569. The van der Waals surface area contributed by atoms with Gasteiger partial charge in [0.1, 0.15) is 0 Å². The fraction of sp³-hybridized carbons (Fsp3) is 1.00. The molecule has 0 spiro atoms. The zero-order valence-electron chi connectivity index (χ0n) is 17.2. The molecule has 0 N–H and O–H groups in total. The van der Waals surface area contributed by atoms with Crippen LogP contribution in [0.1, 0.15) is 124 Å². The number of hydrogen-bond donors (Lipinski definition) is 0. The van der Waals surface area contributed by atoms with Gasteiger partial charge in [-0.05, 0) is 0 Å². The summed E-state index contributed by atoms with van der Waals surface area (Å²) in [5.41, 5.74) is 0. The molecule has 0 saturated carbocycles. The quantitative estimate of drug-likeness (QED) is 0.173. The first-order valence-corrected chi connectivity index (χ1v) is 13.6. The second-order valence-corrected chi connectivity index (χ2v) is 11.5.